The van der Waals surface area contributed by atoms with Crippen molar-refractivity contribution in [2.45, 2.75) is 24.9 Å². The number of rotatable bonds is 6. The monoisotopic (exact) mass is 618 g/mol. The summed E-state index contributed by atoms with van der Waals surface area (Å²) in [6, 6.07) is 4.71. The van der Waals surface area contributed by atoms with Gasteiger partial charge in [0.2, 0.25) is 5.91 Å². The van der Waals surface area contributed by atoms with Crippen LogP contribution in [0.15, 0.2) is 54.6 Å². The van der Waals surface area contributed by atoms with E-state index in [0.717, 1.165) is 30.3 Å². The van der Waals surface area contributed by atoms with Crippen LogP contribution in [0.5, 0.6) is 0 Å². The van der Waals surface area contributed by atoms with Crippen LogP contribution >= 0.6 is 11.6 Å². The van der Waals surface area contributed by atoms with E-state index in [1.807, 2.05) is 5.32 Å². The SMILES string of the molecule is O=C(Nc1ccc(F)cc1F)c1cc(NC(=O)C(Cc2cc(C(F)(F)F)cc(C(F)(F)F)c2)C(F)(F)F)ccc1Cl. The first-order valence-corrected chi connectivity index (χ1v) is 11.4. The average Bonchev–Trinajstić information content (AvgIpc) is 2.83. The van der Waals surface area contributed by atoms with Crippen molar-refractivity contribution in [3.05, 3.63) is 93.5 Å². The van der Waals surface area contributed by atoms with Gasteiger partial charge in [-0.3, -0.25) is 9.59 Å². The van der Waals surface area contributed by atoms with E-state index in [4.69, 9.17) is 11.6 Å². The summed E-state index contributed by atoms with van der Waals surface area (Å²) in [7, 11) is 0. The number of carbonyl (C=O) groups excluding carboxylic acids is 2. The third-order valence-electron chi connectivity index (χ3n) is 5.46. The zero-order valence-electron chi connectivity index (χ0n) is 19.8. The van der Waals surface area contributed by atoms with Gasteiger partial charge < -0.3 is 10.6 Å². The molecule has 0 bridgehead atoms. The Balaban J connectivity index is 1.90. The molecule has 41 heavy (non-hydrogen) atoms. The number of benzene rings is 3. The molecule has 1 atom stereocenters. The number of hydrogen-bond acceptors (Lipinski definition) is 2. The Kier molecular flexibility index (Phi) is 8.91. The van der Waals surface area contributed by atoms with Crippen molar-refractivity contribution in [2.75, 3.05) is 10.6 Å². The lowest BCUT2D eigenvalue weighted by Gasteiger charge is -2.21. The van der Waals surface area contributed by atoms with Gasteiger partial charge in [0.15, 0.2) is 0 Å². The minimum atomic E-state index is -5.43. The zero-order chi connectivity index (χ0) is 30.9. The molecule has 16 heteroatoms. The number of amides is 2. The maximum Gasteiger partial charge on any atom is 0.416 e. The summed E-state index contributed by atoms with van der Waals surface area (Å²) in [6.45, 7) is 0. The molecule has 0 heterocycles. The van der Waals surface area contributed by atoms with Crippen LogP contribution in [0, 0.1) is 17.6 Å². The molecular formula is C25H14ClF11N2O2. The summed E-state index contributed by atoms with van der Waals surface area (Å²) in [5.74, 6) is -8.24. The quantitative estimate of drug-likeness (QED) is 0.273. The summed E-state index contributed by atoms with van der Waals surface area (Å²) in [5.41, 5.74) is -6.24. The molecule has 220 valence electrons. The third kappa shape index (κ3) is 8.08. The smallest absolute Gasteiger partial charge is 0.326 e. The van der Waals surface area contributed by atoms with Gasteiger partial charge in [0.05, 0.1) is 27.4 Å². The minimum absolute atomic E-state index is 0.0700. The summed E-state index contributed by atoms with van der Waals surface area (Å²) in [6.07, 6.45) is -17.7. The van der Waals surface area contributed by atoms with Gasteiger partial charge in [0.25, 0.3) is 5.91 Å². The number of anilines is 2. The fourth-order valence-electron chi connectivity index (χ4n) is 3.52. The average molecular weight is 619 g/mol. The number of carbonyl (C=O) groups is 2. The van der Waals surface area contributed by atoms with Crippen molar-refractivity contribution in [3.63, 3.8) is 0 Å². The van der Waals surface area contributed by atoms with E-state index in [2.05, 4.69) is 0 Å². The second-order valence-electron chi connectivity index (χ2n) is 8.47. The summed E-state index contributed by atoms with van der Waals surface area (Å²) < 4.78 is 147. The standard InChI is InChI=1S/C25H14ClF11N2O2/c26-18-3-2-15(10-16(18)21(40)39-20-4-1-14(27)9-19(20)28)38-22(41)17(25(35,36)37)7-11-5-12(23(29,30)31)8-13(6-11)24(32,33)34/h1-6,8-10,17H,7H2,(H,38,41)(H,39,40). The Labute approximate surface area is 228 Å². The number of hydrogen-bond donors (Lipinski definition) is 2. The lowest BCUT2D eigenvalue weighted by atomic mass is 9.94. The van der Waals surface area contributed by atoms with Gasteiger partial charge in [-0.05, 0) is 60.5 Å². The first-order chi connectivity index (χ1) is 18.8. The molecule has 4 nitrogen and oxygen atoms in total. The van der Waals surface area contributed by atoms with E-state index in [1.165, 1.54) is 0 Å². The Morgan fingerprint density at radius 1 is 0.756 bits per heavy atom. The van der Waals surface area contributed by atoms with Crippen molar-refractivity contribution in [3.8, 4) is 0 Å². The Bertz CT molecular complexity index is 1440. The third-order valence-corrected chi connectivity index (χ3v) is 5.79. The van der Waals surface area contributed by atoms with Crippen molar-refractivity contribution >= 4 is 34.8 Å². The fraction of sp³-hybridized carbons (Fsp3) is 0.200. The van der Waals surface area contributed by atoms with Crippen LogP contribution < -0.4 is 10.6 Å². The predicted octanol–water partition coefficient (Wildman–Crippen LogP) is 8.27. The highest BCUT2D eigenvalue weighted by atomic mass is 35.5. The van der Waals surface area contributed by atoms with Gasteiger partial charge >= 0.3 is 18.5 Å². The Morgan fingerprint density at radius 2 is 1.34 bits per heavy atom. The van der Waals surface area contributed by atoms with Crippen molar-refractivity contribution in [1.82, 2.24) is 0 Å². The van der Waals surface area contributed by atoms with Gasteiger partial charge in [-0.2, -0.15) is 39.5 Å². The molecule has 0 aliphatic carbocycles. The largest absolute Gasteiger partial charge is 0.416 e. The first kappa shape index (κ1) is 31.6. The van der Waals surface area contributed by atoms with Gasteiger partial charge in [0, 0.05) is 11.8 Å². The lowest BCUT2D eigenvalue weighted by molar-refractivity contribution is -0.179. The van der Waals surface area contributed by atoms with Crippen molar-refractivity contribution in [2.24, 2.45) is 5.92 Å². The van der Waals surface area contributed by atoms with Crippen LogP contribution in [0.25, 0.3) is 0 Å². The van der Waals surface area contributed by atoms with Crippen molar-refractivity contribution < 1.29 is 57.9 Å². The number of alkyl halides is 9. The highest BCUT2D eigenvalue weighted by Gasteiger charge is 2.46. The summed E-state index contributed by atoms with van der Waals surface area (Å²) in [5, 5.41) is 3.54. The second kappa shape index (κ2) is 11.5. The Morgan fingerprint density at radius 3 is 1.85 bits per heavy atom. The summed E-state index contributed by atoms with van der Waals surface area (Å²) >= 11 is 5.91. The van der Waals surface area contributed by atoms with Gasteiger partial charge in [-0.25, -0.2) is 8.78 Å². The molecular weight excluding hydrogens is 605 g/mol. The molecule has 0 saturated carbocycles. The molecule has 0 radical (unpaired) electrons. The normalized spacial score (nSPS) is 13.1. The van der Waals surface area contributed by atoms with E-state index in [1.54, 1.807) is 5.32 Å². The number of halogens is 12. The van der Waals surface area contributed by atoms with E-state index >= 15 is 0 Å². The molecule has 0 aliphatic rings. The minimum Gasteiger partial charge on any atom is -0.326 e. The molecule has 1 unspecified atom stereocenters. The van der Waals surface area contributed by atoms with E-state index in [9.17, 15) is 57.9 Å². The van der Waals surface area contributed by atoms with Crippen LogP contribution in [-0.2, 0) is 23.6 Å². The molecule has 3 aromatic carbocycles. The van der Waals surface area contributed by atoms with Crippen LogP contribution in [0.4, 0.5) is 59.7 Å². The molecule has 2 amide bonds. The Hall–Kier alpha value is -3.88. The molecule has 3 rings (SSSR count). The molecule has 0 aromatic heterocycles. The lowest BCUT2D eigenvalue weighted by Crippen LogP contribution is -2.36. The van der Waals surface area contributed by atoms with Crippen LogP contribution in [0.1, 0.15) is 27.0 Å². The zero-order valence-corrected chi connectivity index (χ0v) is 20.6. The van der Waals surface area contributed by atoms with Crippen LogP contribution in [0.2, 0.25) is 5.02 Å². The van der Waals surface area contributed by atoms with E-state index < -0.39 is 87.9 Å². The van der Waals surface area contributed by atoms with E-state index in [-0.39, 0.29) is 23.2 Å². The maximum atomic E-state index is 13.9. The van der Waals surface area contributed by atoms with Gasteiger partial charge in [-0.1, -0.05) is 11.6 Å². The second-order valence-corrected chi connectivity index (χ2v) is 8.88. The number of nitrogens with one attached hydrogen (secondary N) is 2. The molecule has 0 saturated heterocycles. The molecule has 0 fully saturated rings. The van der Waals surface area contributed by atoms with Crippen LogP contribution in [0.3, 0.4) is 0 Å². The molecule has 0 spiro atoms. The van der Waals surface area contributed by atoms with E-state index in [0.29, 0.717) is 6.07 Å². The van der Waals surface area contributed by atoms with Crippen LogP contribution in [-0.4, -0.2) is 18.0 Å². The summed E-state index contributed by atoms with van der Waals surface area (Å²) in [4.78, 5) is 25.1. The van der Waals surface area contributed by atoms with Crippen molar-refractivity contribution in [1.29, 1.82) is 0 Å². The van der Waals surface area contributed by atoms with Gasteiger partial charge in [-0.15, -0.1) is 0 Å². The highest BCUT2D eigenvalue weighted by Crippen LogP contribution is 2.38. The molecule has 0 aliphatic heterocycles. The maximum absolute atomic E-state index is 13.9. The highest BCUT2D eigenvalue weighted by molar-refractivity contribution is 6.34. The first-order valence-electron chi connectivity index (χ1n) is 11.0. The predicted molar refractivity (Wildman–Crippen MR) is 124 cm³/mol. The topological polar surface area (TPSA) is 58.2 Å². The molecule has 2 N–H and O–H groups in total. The van der Waals surface area contributed by atoms with Gasteiger partial charge in [0.1, 0.15) is 17.6 Å². The fourth-order valence-corrected chi connectivity index (χ4v) is 3.72. The molecule has 3 aromatic rings.